The van der Waals surface area contributed by atoms with Crippen LogP contribution in [0.4, 0.5) is 10.1 Å². The van der Waals surface area contributed by atoms with Gasteiger partial charge in [-0.05, 0) is 67.9 Å². The van der Waals surface area contributed by atoms with E-state index < -0.39 is 0 Å². The summed E-state index contributed by atoms with van der Waals surface area (Å²) < 4.78 is 14.9. The largest absolute Gasteiger partial charge is 0.307 e. The maximum absolute atomic E-state index is 14.1. The summed E-state index contributed by atoms with van der Waals surface area (Å²) >= 11 is 3.44. The SMILES string of the molecule is C=CCN1CCC2(CC1)CN(C(=O)c1cccc(Br)c1)c1ccc(F)cc12. The first-order chi connectivity index (χ1) is 13.0. The Morgan fingerprint density at radius 1 is 1.22 bits per heavy atom. The zero-order valence-electron chi connectivity index (χ0n) is 15.1. The fourth-order valence-corrected chi connectivity index (χ4v) is 4.77. The molecule has 0 aliphatic carbocycles. The molecular formula is C22H22BrFN2O. The smallest absolute Gasteiger partial charge is 0.258 e. The minimum Gasteiger partial charge on any atom is -0.307 e. The standard InChI is InChI=1S/C22H22BrFN2O/c1-2-10-25-11-8-22(9-12-25)15-26(20-7-6-18(24)14-19(20)22)21(27)16-4-3-5-17(23)13-16/h2-7,13-14H,1,8-12,15H2. The number of rotatable bonds is 3. The van der Waals surface area contributed by atoms with E-state index >= 15 is 0 Å². The van der Waals surface area contributed by atoms with E-state index in [1.54, 1.807) is 12.1 Å². The number of likely N-dealkylation sites (tertiary alicyclic amines) is 1. The maximum Gasteiger partial charge on any atom is 0.258 e. The molecule has 27 heavy (non-hydrogen) atoms. The Morgan fingerprint density at radius 2 is 2.00 bits per heavy atom. The predicted molar refractivity (Wildman–Crippen MR) is 110 cm³/mol. The quantitative estimate of drug-likeness (QED) is 0.657. The highest BCUT2D eigenvalue weighted by Gasteiger charge is 2.46. The van der Waals surface area contributed by atoms with Crippen LogP contribution in [0.1, 0.15) is 28.8 Å². The number of carbonyl (C=O) groups is 1. The predicted octanol–water partition coefficient (Wildman–Crippen LogP) is 4.77. The Morgan fingerprint density at radius 3 is 2.70 bits per heavy atom. The second-order valence-electron chi connectivity index (χ2n) is 7.43. The number of hydrogen-bond donors (Lipinski definition) is 0. The number of nitrogens with zero attached hydrogens (tertiary/aromatic N) is 2. The van der Waals surface area contributed by atoms with E-state index in [2.05, 4.69) is 27.4 Å². The molecule has 0 unspecified atom stereocenters. The molecule has 2 heterocycles. The van der Waals surface area contributed by atoms with Crippen LogP contribution in [0.2, 0.25) is 0 Å². The van der Waals surface area contributed by atoms with Crippen molar-refractivity contribution in [2.45, 2.75) is 18.3 Å². The van der Waals surface area contributed by atoms with Crippen molar-refractivity contribution in [3.8, 4) is 0 Å². The van der Waals surface area contributed by atoms with Gasteiger partial charge in [-0.2, -0.15) is 0 Å². The Bertz CT molecular complexity index is 890. The molecule has 0 atom stereocenters. The lowest BCUT2D eigenvalue weighted by molar-refractivity contribution is 0.0977. The van der Waals surface area contributed by atoms with Crippen molar-refractivity contribution in [2.75, 3.05) is 31.1 Å². The summed E-state index contributed by atoms with van der Waals surface area (Å²) in [6.07, 6.45) is 3.75. The molecule has 0 N–H and O–H groups in total. The molecule has 2 aliphatic heterocycles. The van der Waals surface area contributed by atoms with Crippen molar-refractivity contribution >= 4 is 27.5 Å². The normalized spacial score (nSPS) is 18.5. The van der Waals surface area contributed by atoms with Gasteiger partial charge < -0.3 is 4.90 Å². The molecule has 140 valence electrons. The van der Waals surface area contributed by atoms with Gasteiger partial charge in [-0.25, -0.2) is 4.39 Å². The summed E-state index contributed by atoms with van der Waals surface area (Å²) in [7, 11) is 0. The van der Waals surface area contributed by atoms with Crippen LogP contribution < -0.4 is 4.90 Å². The van der Waals surface area contributed by atoms with Gasteiger partial charge in [-0.1, -0.05) is 28.1 Å². The lowest BCUT2D eigenvalue weighted by Gasteiger charge is -2.39. The van der Waals surface area contributed by atoms with Gasteiger partial charge in [-0.3, -0.25) is 9.69 Å². The van der Waals surface area contributed by atoms with Crippen molar-refractivity contribution < 1.29 is 9.18 Å². The molecule has 1 amide bonds. The maximum atomic E-state index is 14.1. The number of fused-ring (bicyclic) bond motifs is 2. The van der Waals surface area contributed by atoms with Crippen molar-refractivity contribution in [3.05, 3.63) is 76.5 Å². The highest BCUT2D eigenvalue weighted by atomic mass is 79.9. The van der Waals surface area contributed by atoms with Gasteiger partial charge in [-0.15, -0.1) is 6.58 Å². The summed E-state index contributed by atoms with van der Waals surface area (Å²) in [5.74, 6) is -0.270. The van der Waals surface area contributed by atoms with Crippen molar-refractivity contribution in [3.63, 3.8) is 0 Å². The summed E-state index contributed by atoms with van der Waals surface area (Å²) in [5.41, 5.74) is 2.29. The minimum atomic E-state index is -0.238. The molecule has 2 aromatic rings. The first-order valence-corrected chi connectivity index (χ1v) is 10.0. The van der Waals surface area contributed by atoms with Gasteiger partial charge in [0.2, 0.25) is 0 Å². The van der Waals surface area contributed by atoms with Crippen LogP contribution in [-0.2, 0) is 5.41 Å². The molecule has 4 rings (SSSR count). The summed E-state index contributed by atoms with van der Waals surface area (Å²) in [6, 6.07) is 12.3. The van der Waals surface area contributed by atoms with Crippen LogP contribution in [0.25, 0.3) is 0 Å². The van der Waals surface area contributed by atoms with E-state index in [1.807, 2.05) is 35.2 Å². The van der Waals surface area contributed by atoms with Gasteiger partial charge in [0.1, 0.15) is 5.82 Å². The van der Waals surface area contributed by atoms with Crippen LogP contribution in [0, 0.1) is 5.82 Å². The van der Waals surface area contributed by atoms with Gasteiger partial charge in [0.05, 0.1) is 0 Å². The van der Waals surface area contributed by atoms with E-state index in [-0.39, 0.29) is 17.1 Å². The third-order valence-corrected chi connectivity index (χ3v) is 6.29. The van der Waals surface area contributed by atoms with Gasteiger partial charge in [0.25, 0.3) is 5.91 Å². The number of anilines is 1. The average Bonchev–Trinajstić information content (AvgIpc) is 2.97. The van der Waals surface area contributed by atoms with Crippen molar-refractivity contribution in [1.29, 1.82) is 0 Å². The first kappa shape index (κ1) is 18.4. The Balaban J connectivity index is 1.68. The number of piperidine rings is 1. The molecular weight excluding hydrogens is 407 g/mol. The summed E-state index contributed by atoms with van der Waals surface area (Å²) in [6.45, 7) is 7.16. The van der Waals surface area contributed by atoms with E-state index in [0.717, 1.165) is 48.2 Å². The third-order valence-electron chi connectivity index (χ3n) is 5.80. The van der Waals surface area contributed by atoms with E-state index in [9.17, 15) is 9.18 Å². The minimum absolute atomic E-state index is 0.0328. The molecule has 1 fully saturated rings. The fourth-order valence-electron chi connectivity index (χ4n) is 4.37. The van der Waals surface area contributed by atoms with E-state index in [4.69, 9.17) is 0 Å². The molecule has 3 nitrogen and oxygen atoms in total. The van der Waals surface area contributed by atoms with E-state index in [1.165, 1.54) is 6.07 Å². The van der Waals surface area contributed by atoms with Crippen LogP contribution >= 0.6 is 15.9 Å². The first-order valence-electron chi connectivity index (χ1n) is 9.23. The van der Waals surface area contributed by atoms with Crippen molar-refractivity contribution in [2.24, 2.45) is 0 Å². The number of amides is 1. The fraction of sp³-hybridized carbons (Fsp3) is 0.318. The zero-order chi connectivity index (χ0) is 19.0. The van der Waals surface area contributed by atoms with E-state index in [0.29, 0.717) is 12.1 Å². The van der Waals surface area contributed by atoms with Gasteiger partial charge in [0.15, 0.2) is 0 Å². The Hall–Kier alpha value is -1.98. The van der Waals surface area contributed by atoms with Gasteiger partial charge >= 0.3 is 0 Å². The zero-order valence-corrected chi connectivity index (χ0v) is 16.7. The lowest BCUT2D eigenvalue weighted by Crippen LogP contribution is -2.46. The molecule has 1 saturated heterocycles. The molecule has 2 aliphatic rings. The highest BCUT2D eigenvalue weighted by molar-refractivity contribution is 9.10. The third kappa shape index (κ3) is 3.34. The molecule has 2 aromatic carbocycles. The average molecular weight is 429 g/mol. The Kier molecular flexibility index (Phi) is 4.91. The monoisotopic (exact) mass is 428 g/mol. The number of halogens is 2. The highest BCUT2D eigenvalue weighted by Crippen LogP contribution is 2.47. The summed E-state index contributed by atoms with van der Waals surface area (Å²) in [4.78, 5) is 17.4. The van der Waals surface area contributed by atoms with Gasteiger partial charge in [0, 0.05) is 34.2 Å². The lowest BCUT2D eigenvalue weighted by atomic mass is 9.74. The second-order valence-corrected chi connectivity index (χ2v) is 8.35. The number of benzene rings is 2. The van der Waals surface area contributed by atoms with Crippen LogP contribution in [-0.4, -0.2) is 37.0 Å². The number of hydrogen-bond acceptors (Lipinski definition) is 2. The van der Waals surface area contributed by atoms with Crippen LogP contribution in [0.5, 0.6) is 0 Å². The van der Waals surface area contributed by atoms with Crippen LogP contribution in [0.3, 0.4) is 0 Å². The second kappa shape index (κ2) is 7.21. The van der Waals surface area contributed by atoms with Crippen LogP contribution in [0.15, 0.2) is 59.6 Å². The molecule has 0 bridgehead atoms. The molecule has 0 radical (unpaired) electrons. The Labute approximate surface area is 167 Å². The topological polar surface area (TPSA) is 23.6 Å². The van der Waals surface area contributed by atoms with Crippen molar-refractivity contribution in [1.82, 2.24) is 4.90 Å². The summed E-state index contributed by atoms with van der Waals surface area (Å²) in [5, 5.41) is 0. The number of carbonyl (C=O) groups excluding carboxylic acids is 1. The molecule has 0 saturated carbocycles. The molecule has 1 spiro atoms. The molecule has 5 heteroatoms. The molecule has 0 aromatic heterocycles.